The Morgan fingerprint density at radius 3 is 2.58 bits per heavy atom. The van der Waals surface area contributed by atoms with Gasteiger partial charge in [0, 0.05) is 6.42 Å². The van der Waals surface area contributed by atoms with Gasteiger partial charge in [-0.05, 0) is 24.3 Å². The van der Waals surface area contributed by atoms with Crippen LogP contribution in [-0.2, 0) is 0 Å². The number of aliphatic hydroxyl groups is 2. The maximum Gasteiger partial charge on any atom is 0.0775 e. The van der Waals surface area contributed by atoms with Crippen LogP contribution in [0.2, 0.25) is 0 Å². The molecular weight excluding hydrogens is 152 g/mol. The van der Waals surface area contributed by atoms with Gasteiger partial charge in [-0.2, -0.15) is 0 Å². The van der Waals surface area contributed by atoms with E-state index in [9.17, 15) is 10.2 Å². The number of aliphatic hydroxyl groups excluding tert-OH is 1. The Kier molecular flexibility index (Phi) is 2.59. The number of hydrogen-bond donors (Lipinski definition) is 2. The third-order valence-corrected chi connectivity index (χ3v) is 2.97. The molecule has 0 heterocycles. The molecule has 0 aromatic carbocycles. The first-order valence-corrected chi connectivity index (χ1v) is 4.54. The molecule has 0 amide bonds. The lowest BCUT2D eigenvalue weighted by Gasteiger charge is -2.39. The second kappa shape index (κ2) is 3.19. The van der Waals surface area contributed by atoms with Crippen molar-refractivity contribution in [3.63, 3.8) is 0 Å². The molecule has 0 aromatic heterocycles. The molecule has 2 nitrogen and oxygen atoms in total. The van der Waals surface area contributed by atoms with Gasteiger partial charge in [-0.1, -0.05) is 20.4 Å². The van der Waals surface area contributed by atoms with Crippen molar-refractivity contribution in [2.24, 2.45) is 5.92 Å². The smallest absolute Gasteiger partial charge is 0.0775 e. The highest BCUT2D eigenvalue weighted by molar-refractivity contribution is 5.10. The van der Waals surface area contributed by atoms with E-state index in [2.05, 4.69) is 6.58 Å². The minimum atomic E-state index is -0.680. The van der Waals surface area contributed by atoms with Gasteiger partial charge in [-0.25, -0.2) is 0 Å². The second-order valence-electron chi connectivity index (χ2n) is 4.14. The van der Waals surface area contributed by atoms with E-state index in [0.717, 1.165) is 18.4 Å². The zero-order valence-corrected chi connectivity index (χ0v) is 7.88. The predicted octanol–water partition coefficient (Wildman–Crippen LogP) is 1.47. The highest BCUT2D eigenvalue weighted by Crippen LogP contribution is 2.36. The fraction of sp³-hybridized carbons (Fsp3) is 0.800. The standard InChI is InChI=1S/C10H18O2/c1-7(2)10(12)5-4-8(3)9(11)6-10/h7,9,11-12H,3-6H2,1-2H3. The molecule has 2 heteroatoms. The highest BCUT2D eigenvalue weighted by atomic mass is 16.3. The zero-order chi connectivity index (χ0) is 9.35. The van der Waals surface area contributed by atoms with Gasteiger partial charge in [0.05, 0.1) is 11.7 Å². The molecule has 1 fully saturated rings. The Morgan fingerprint density at radius 1 is 1.58 bits per heavy atom. The minimum Gasteiger partial charge on any atom is -0.389 e. The van der Waals surface area contributed by atoms with Gasteiger partial charge in [-0.3, -0.25) is 0 Å². The topological polar surface area (TPSA) is 40.5 Å². The lowest BCUT2D eigenvalue weighted by molar-refractivity contribution is -0.0594. The molecule has 12 heavy (non-hydrogen) atoms. The molecule has 2 atom stereocenters. The molecule has 1 aliphatic carbocycles. The first kappa shape index (κ1) is 9.75. The Labute approximate surface area is 73.9 Å². The normalized spacial score (nSPS) is 37.4. The van der Waals surface area contributed by atoms with Crippen molar-refractivity contribution in [1.29, 1.82) is 0 Å². The van der Waals surface area contributed by atoms with Gasteiger partial charge in [0.2, 0.25) is 0 Å². The quantitative estimate of drug-likeness (QED) is 0.585. The number of hydrogen-bond acceptors (Lipinski definition) is 2. The Balaban J connectivity index is 2.66. The molecule has 0 bridgehead atoms. The van der Waals surface area contributed by atoms with Gasteiger partial charge in [0.25, 0.3) is 0 Å². The van der Waals surface area contributed by atoms with Crippen LogP contribution in [0.15, 0.2) is 12.2 Å². The third kappa shape index (κ3) is 1.70. The Hall–Kier alpha value is -0.340. The average molecular weight is 170 g/mol. The molecule has 1 saturated carbocycles. The van der Waals surface area contributed by atoms with Gasteiger partial charge < -0.3 is 10.2 Å². The summed E-state index contributed by atoms with van der Waals surface area (Å²) in [4.78, 5) is 0. The molecule has 0 saturated heterocycles. The summed E-state index contributed by atoms with van der Waals surface area (Å²) in [5.41, 5.74) is 0.181. The summed E-state index contributed by atoms with van der Waals surface area (Å²) in [7, 11) is 0. The maximum absolute atomic E-state index is 10.0. The first-order valence-electron chi connectivity index (χ1n) is 4.54. The first-order chi connectivity index (χ1) is 5.46. The average Bonchev–Trinajstić information content (AvgIpc) is 1.97. The van der Waals surface area contributed by atoms with E-state index in [1.54, 1.807) is 0 Å². The van der Waals surface area contributed by atoms with Crippen molar-refractivity contribution in [3.05, 3.63) is 12.2 Å². The van der Waals surface area contributed by atoms with E-state index in [-0.39, 0.29) is 5.92 Å². The van der Waals surface area contributed by atoms with Crippen molar-refractivity contribution in [3.8, 4) is 0 Å². The largest absolute Gasteiger partial charge is 0.389 e. The summed E-state index contributed by atoms with van der Waals surface area (Å²) in [6.45, 7) is 7.73. The van der Waals surface area contributed by atoms with Crippen LogP contribution >= 0.6 is 0 Å². The molecule has 1 rings (SSSR count). The van der Waals surface area contributed by atoms with E-state index in [0.29, 0.717) is 6.42 Å². The number of rotatable bonds is 1. The lowest BCUT2D eigenvalue weighted by atomic mass is 9.74. The summed E-state index contributed by atoms with van der Waals surface area (Å²) >= 11 is 0. The minimum absolute atomic E-state index is 0.209. The molecular formula is C10H18O2. The van der Waals surface area contributed by atoms with Crippen LogP contribution in [0.1, 0.15) is 33.1 Å². The van der Waals surface area contributed by atoms with E-state index in [4.69, 9.17) is 0 Å². The summed E-state index contributed by atoms with van der Waals surface area (Å²) in [5, 5.41) is 19.5. The van der Waals surface area contributed by atoms with Crippen molar-refractivity contribution < 1.29 is 10.2 Å². The van der Waals surface area contributed by atoms with Crippen LogP contribution in [0.4, 0.5) is 0 Å². The van der Waals surface area contributed by atoms with Crippen LogP contribution in [0.5, 0.6) is 0 Å². The highest BCUT2D eigenvalue weighted by Gasteiger charge is 2.37. The van der Waals surface area contributed by atoms with E-state index >= 15 is 0 Å². The van der Waals surface area contributed by atoms with Gasteiger partial charge in [-0.15, -0.1) is 0 Å². The van der Waals surface area contributed by atoms with Crippen LogP contribution in [-0.4, -0.2) is 21.9 Å². The second-order valence-corrected chi connectivity index (χ2v) is 4.14. The molecule has 2 unspecified atom stereocenters. The van der Waals surface area contributed by atoms with Crippen molar-refractivity contribution in [1.82, 2.24) is 0 Å². The molecule has 0 aliphatic heterocycles. The lowest BCUT2D eigenvalue weighted by Crippen LogP contribution is -2.42. The Morgan fingerprint density at radius 2 is 2.17 bits per heavy atom. The predicted molar refractivity (Wildman–Crippen MR) is 48.8 cm³/mol. The van der Waals surface area contributed by atoms with Crippen LogP contribution < -0.4 is 0 Å². The molecule has 2 N–H and O–H groups in total. The summed E-state index contributed by atoms with van der Waals surface area (Å²) < 4.78 is 0. The molecule has 0 radical (unpaired) electrons. The maximum atomic E-state index is 10.0. The van der Waals surface area contributed by atoms with E-state index < -0.39 is 11.7 Å². The summed E-state index contributed by atoms with van der Waals surface area (Å²) in [6.07, 6.45) is 1.42. The molecule has 0 aromatic rings. The zero-order valence-electron chi connectivity index (χ0n) is 7.88. The van der Waals surface area contributed by atoms with Crippen molar-refractivity contribution in [2.45, 2.75) is 44.8 Å². The van der Waals surface area contributed by atoms with Gasteiger partial charge in [0.15, 0.2) is 0 Å². The van der Waals surface area contributed by atoms with Gasteiger partial charge >= 0.3 is 0 Å². The summed E-state index contributed by atoms with van der Waals surface area (Å²) in [5.74, 6) is 0.209. The SMILES string of the molecule is C=C1CCC(O)(C(C)C)CC1O. The third-order valence-electron chi connectivity index (χ3n) is 2.97. The summed E-state index contributed by atoms with van der Waals surface area (Å²) in [6, 6.07) is 0. The van der Waals surface area contributed by atoms with Crippen LogP contribution in [0.3, 0.4) is 0 Å². The van der Waals surface area contributed by atoms with Crippen molar-refractivity contribution >= 4 is 0 Å². The van der Waals surface area contributed by atoms with Crippen LogP contribution in [0.25, 0.3) is 0 Å². The monoisotopic (exact) mass is 170 g/mol. The van der Waals surface area contributed by atoms with Crippen molar-refractivity contribution in [2.75, 3.05) is 0 Å². The molecule has 70 valence electrons. The van der Waals surface area contributed by atoms with E-state index in [1.807, 2.05) is 13.8 Å². The van der Waals surface area contributed by atoms with Gasteiger partial charge in [0.1, 0.15) is 0 Å². The Bertz CT molecular complexity index is 186. The fourth-order valence-electron chi connectivity index (χ4n) is 1.65. The molecule has 1 aliphatic rings. The van der Waals surface area contributed by atoms with Crippen LogP contribution in [0, 0.1) is 5.92 Å². The molecule has 0 spiro atoms. The fourth-order valence-corrected chi connectivity index (χ4v) is 1.65. The van der Waals surface area contributed by atoms with E-state index in [1.165, 1.54) is 0 Å².